The smallest absolute Gasteiger partial charge is 0.303 e. The summed E-state index contributed by atoms with van der Waals surface area (Å²) in [7, 11) is 0. The summed E-state index contributed by atoms with van der Waals surface area (Å²) in [6.45, 7) is 13.1. The maximum Gasteiger partial charge on any atom is 0.303 e. The van der Waals surface area contributed by atoms with E-state index < -0.39 is 76.2 Å². The highest BCUT2D eigenvalue weighted by Gasteiger charge is 2.73. The first kappa shape index (κ1) is 28.5. The molecule has 10 heteroatoms. The lowest BCUT2D eigenvalue weighted by molar-refractivity contribution is -0.221. The highest BCUT2D eigenvalue weighted by Crippen LogP contribution is 2.65. The van der Waals surface area contributed by atoms with E-state index in [-0.39, 0.29) is 12.8 Å². The summed E-state index contributed by atoms with van der Waals surface area (Å²) >= 11 is 0. The van der Waals surface area contributed by atoms with Crippen LogP contribution < -0.4 is 0 Å². The molecule has 1 aliphatic heterocycles. The Kier molecular flexibility index (Phi) is 7.01. The zero-order valence-electron chi connectivity index (χ0n) is 23.5. The highest BCUT2D eigenvalue weighted by molar-refractivity contribution is 5.69. The van der Waals surface area contributed by atoms with Crippen molar-refractivity contribution in [1.29, 1.82) is 0 Å². The number of carbonyl (C=O) groups excluding carboxylic acids is 4. The summed E-state index contributed by atoms with van der Waals surface area (Å²) < 4.78 is 29.4. The Bertz CT molecular complexity index is 1070. The van der Waals surface area contributed by atoms with Gasteiger partial charge in [-0.3, -0.25) is 19.2 Å². The van der Waals surface area contributed by atoms with Crippen LogP contribution in [0.15, 0.2) is 11.1 Å². The molecule has 8 atom stereocenters. The summed E-state index contributed by atoms with van der Waals surface area (Å²) in [5.41, 5.74) is -2.88. The summed E-state index contributed by atoms with van der Waals surface area (Å²) in [5.74, 6) is -2.50. The van der Waals surface area contributed by atoms with E-state index in [1.807, 2.05) is 20.8 Å². The van der Waals surface area contributed by atoms with Crippen LogP contribution >= 0.6 is 0 Å². The van der Waals surface area contributed by atoms with E-state index in [2.05, 4.69) is 0 Å². The van der Waals surface area contributed by atoms with Crippen molar-refractivity contribution in [1.82, 2.24) is 0 Å². The van der Waals surface area contributed by atoms with Gasteiger partial charge in [-0.2, -0.15) is 0 Å². The lowest BCUT2D eigenvalue weighted by Gasteiger charge is -2.61. The first-order valence-electron chi connectivity index (χ1n) is 13.2. The minimum atomic E-state index is -1.43. The van der Waals surface area contributed by atoms with Crippen molar-refractivity contribution in [2.75, 3.05) is 6.61 Å². The molecule has 1 heterocycles. The molecule has 38 heavy (non-hydrogen) atoms. The quantitative estimate of drug-likeness (QED) is 0.247. The van der Waals surface area contributed by atoms with Gasteiger partial charge in [-0.1, -0.05) is 20.8 Å². The van der Waals surface area contributed by atoms with Gasteiger partial charge in [-0.15, -0.1) is 0 Å². The number of aliphatic hydroxyl groups is 1. The fourth-order valence-electron chi connectivity index (χ4n) is 7.61. The third-order valence-corrected chi connectivity index (χ3v) is 9.57. The fraction of sp³-hybridized carbons (Fsp3) is 0.786. The molecule has 212 valence electrons. The van der Waals surface area contributed by atoms with Crippen LogP contribution in [0.4, 0.5) is 0 Å². The van der Waals surface area contributed by atoms with Gasteiger partial charge in [-0.25, -0.2) is 0 Å². The largest absolute Gasteiger partial charge is 0.459 e. The molecule has 3 aliphatic carbocycles. The normalized spacial score (nSPS) is 41.2. The molecule has 2 saturated carbocycles. The summed E-state index contributed by atoms with van der Waals surface area (Å²) in [6, 6.07) is 0. The van der Waals surface area contributed by atoms with Crippen molar-refractivity contribution in [2.45, 2.75) is 117 Å². The second-order valence-electron chi connectivity index (χ2n) is 12.3. The Morgan fingerprint density at radius 3 is 1.92 bits per heavy atom. The Labute approximate surface area is 223 Å². The van der Waals surface area contributed by atoms with Gasteiger partial charge < -0.3 is 28.8 Å². The van der Waals surface area contributed by atoms with Crippen LogP contribution in [-0.2, 0) is 42.9 Å². The van der Waals surface area contributed by atoms with Gasteiger partial charge in [0.2, 0.25) is 0 Å². The van der Waals surface area contributed by atoms with Crippen molar-refractivity contribution in [2.24, 2.45) is 16.7 Å². The average molecular weight is 537 g/mol. The topological polar surface area (TPSA) is 138 Å². The van der Waals surface area contributed by atoms with Gasteiger partial charge in [0, 0.05) is 50.9 Å². The van der Waals surface area contributed by atoms with Crippen molar-refractivity contribution >= 4 is 23.9 Å². The SMILES string of the molecule is CC(=O)O[C@H]1C[C@@]2(O)C[C@H]3[C@@](C)(CC[C@H](OC(C)=O)[C@]34CO4)[C@@H](OC(C)=O)[C@H](OC(C)=O)C(=C1C)C2(C)C. The number of carbonyl (C=O) groups is 4. The van der Waals surface area contributed by atoms with Crippen molar-refractivity contribution < 1.29 is 48.0 Å². The molecule has 3 fully saturated rings. The molecule has 0 aromatic carbocycles. The third kappa shape index (κ3) is 4.43. The predicted octanol–water partition coefficient (Wildman–Crippen LogP) is 2.78. The molecular formula is C28H40O10. The molecule has 10 nitrogen and oxygen atoms in total. The molecule has 2 bridgehead atoms. The molecular weight excluding hydrogens is 496 g/mol. The van der Waals surface area contributed by atoms with Gasteiger partial charge in [0.25, 0.3) is 0 Å². The molecule has 1 N–H and O–H groups in total. The van der Waals surface area contributed by atoms with Crippen LogP contribution in [0.5, 0.6) is 0 Å². The third-order valence-electron chi connectivity index (χ3n) is 9.57. The minimum absolute atomic E-state index is 0.126. The molecule has 0 aromatic rings. The van der Waals surface area contributed by atoms with Crippen molar-refractivity contribution in [3.05, 3.63) is 11.1 Å². The van der Waals surface area contributed by atoms with Gasteiger partial charge in [0.05, 0.1) is 12.2 Å². The summed E-state index contributed by atoms with van der Waals surface area (Å²) in [5, 5.41) is 12.5. The second kappa shape index (κ2) is 9.33. The summed E-state index contributed by atoms with van der Waals surface area (Å²) in [6.07, 6.45) is -2.06. The zero-order valence-corrected chi connectivity index (χ0v) is 23.5. The maximum atomic E-state index is 12.5. The first-order chi connectivity index (χ1) is 17.5. The van der Waals surface area contributed by atoms with E-state index in [9.17, 15) is 24.3 Å². The summed E-state index contributed by atoms with van der Waals surface area (Å²) in [4.78, 5) is 49.1. The lowest BCUT2D eigenvalue weighted by Crippen LogP contribution is -2.67. The standard InChI is InChI=1S/C28H40O10/c1-14-19(35-15(2)29)11-27(33)12-20-26(8,10-9-21(36-16(3)30)28(20)13-34-28)24(38-18(5)32)23(37-17(4)31)22(14)25(27,6)7/h19-21,23-24,33H,9-13H2,1-8H3/t19-,20-,21-,23+,24-,26+,27+,28-/m0/s1. The van der Waals surface area contributed by atoms with Crippen molar-refractivity contribution in [3.8, 4) is 0 Å². The number of ether oxygens (including phenoxy) is 5. The molecule has 0 amide bonds. The molecule has 1 spiro atoms. The molecule has 4 aliphatic rings. The van der Waals surface area contributed by atoms with Gasteiger partial charge in [-0.05, 0) is 37.3 Å². The molecule has 1 saturated heterocycles. The van der Waals surface area contributed by atoms with Crippen molar-refractivity contribution in [3.63, 3.8) is 0 Å². The van der Waals surface area contributed by atoms with Crippen LogP contribution in [0.25, 0.3) is 0 Å². The van der Waals surface area contributed by atoms with E-state index in [4.69, 9.17) is 23.7 Å². The van der Waals surface area contributed by atoms with Crippen LogP contribution in [0.1, 0.15) is 81.1 Å². The Hall–Kier alpha value is -2.46. The van der Waals surface area contributed by atoms with Crippen LogP contribution in [0.2, 0.25) is 0 Å². The second-order valence-corrected chi connectivity index (χ2v) is 12.3. The lowest BCUT2D eigenvalue weighted by atomic mass is 9.47. The average Bonchev–Trinajstić information content (AvgIpc) is 3.55. The minimum Gasteiger partial charge on any atom is -0.459 e. The van der Waals surface area contributed by atoms with E-state index >= 15 is 0 Å². The van der Waals surface area contributed by atoms with E-state index in [0.29, 0.717) is 30.6 Å². The fourth-order valence-corrected chi connectivity index (χ4v) is 7.61. The van der Waals surface area contributed by atoms with E-state index in [0.717, 1.165) is 0 Å². The van der Waals surface area contributed by atoms with Crippen LogP contribution in [0.3, 0.4) is 0 Å². The zero-order chi connectivity index (χ0) is 28.4. The Balaban J connectivity index is 1.99. The van der Waals surface area contributed by atoms with E-state index in [1.165, 1.54) is 27.7 Å². The number of epoxide rings is 1. The number of hydrogen-bond donors (Lipinski definition) is 1. The monoisotopic (exact) mass is 536 g/mol. The molecule has 0 aromatic heterocycles. The first-order valence-corrected chi connectivity index (χ1v) is 13.2. The maximum absolute atomic E-state index is 12.5. The molecule has 4 rings (SSSR count). The van der Waals surface area contributed by atoms with Gasteiger partial charge >= 0.3 is 23.9 Å². The van der Waals surface area contributed by atoms with Crippen LogP contribution in [-0.4, -0.2) is 71.2 Å². The van der Waals surface area contributed by atoms with Gasteiger partial charge in [0.15, 0.2) is 6.10 Å². The van der Waals surface area contributed by atoms with Crippen LogP contribution in [0, 0.1) is 16.7 Å². The number of fused-ring (bicyclic) bond motifs is 4. The van der Waals surface area contributed by atoms with Gasteiger partial charge in [0.1, 0.15) is 23.9 Å². The molecule has 0 radical (unpaired) electrons. The number of esters is 4. The Morgan fingerprint density at radius 1 is 0.868 bits per heavy atom. The Morgan fingerprint density at radius 2 is 1.42 bits per heavy atom. The number of hydrogen-bond acceptors (Lipinski definition) is 10. The number of rotatable bonds is 4. The van der Waals surface area contributed by atoms with E-state index in [1.54, 1.807) is 6.92 Å². The predicted molar refractivity (Wildman–Crippen MR) is 132 cm³/mol. The molecule has 0 unspecified atom stereocenters. The highest BCUT2D eigenvalue weighted by atomic mass is 16.6.